The molecule has 4 aromatic rings. The summed E-state index contributed by atoms with van der Waals surface area (Å²) in [4.78, 5) is 40.4. The minimum Gasteiger partial charge on any atom is -0.497 e. The van der Waals surface area contributed by atoms with Crippen molar-refractivity contribution >= 4 is 28.7 Å². The molecule has 0 spiro atoms. The van der Waals surface area contributed by atoms with Crippen LogP contribution in [0, 0.1) is 0 Å². The fourth-order valence-corrected chi connectivity index (χ4v) is 5.30. The monoisotopic (exact) mass is 662 g/mol. The number of carbonyl (C=O) groups is 2. The van der Waals surface area contributed by atoms with Gasteiger partial charge in [-0.25, -0.2) is 9.59 Å². The number of piperidine rings is 1. The molecule has 2 amide bonds. The topological polar surface area (TPSA) is 166 Å². The van der Waals surface area contributed by atoms with Crippen LogP contribution in [0.4, 0.5) is 10.5 Å². The van der Waals surface area contributed by atoms with Crippen LogP contribution in [0.25, 0.3) is 22.1 Å². The van der Waals surface area contributed by atoms with E-state index in [4.69, 9.17) is 28.1 Å². The standard InChI is InChI=1S/C35H38N2O11/c1-35(2,3)48-34(42)37-17-25(38)29(39)28(18-37)46-27-13-10-20-16-24(33(41)47-30(20)31(27)45-6)36-32(40)21-11-12-26(44-5)23(15-21)19-8-7-9-22(14-19)43-4/h7-16,25,28-29,38-39H,17-18H2,1-6H3,(H,36,40)/t25-,28-,29-/m1/s1. The maximum atomic E-state index is 13.3. The van der Waals surface area contributed by atoms with Crippen molar-refractivity contribution in [3.63, 3.8) is 0 Å². The smallest absolute Gasteiger partial charge is 0.410 e. The van der Waals surface area contributed by atoms with Crippen LogP contribution in [0.1, 0.15) is 31.1 Å². The highest BCUT2D eigenvalue weighted by Gasteiger charge is 2.40. The number of hydrogen-bond acceptors (Lipinski definition) is 11. The van der Waals surface area contributed by atoms with Crippen molar-refractivity contribution in [2.75, 3.05) is 39.7 Å². The predicted octanol–water partition coefficient (Wildman–Crippen LogP) is 4.46. The molecule has 3 N–H and O–H groups in total. The lowest BCUT2D eigenvalue weighted by Gasteiger charge is -2.39. The number of benzene rings is 3. The molecule has 254 valence electrons. The third-order valence-corrected chi connectivity index (χ3v) is 7.63. The maximum absolute atomic E-state index is 13.3. The van der Waals surface area contributed by atoms with Crippen LogP contribution in [0.3, 0.4) is 0 Å². The van der Waals surface area contributed by atoms with Crippen LogP contribution in [-0.4, -0.2) is 85.4 Å². The van der Waals surface area contributed by atoms with Crippen LogP contribution < -0.4 is 29.9 Å². The SMILES string of the molecule is COc1cccc(-c2cc(C(=O)Nc3cc4ccc(O[C@@H]5CN(C(=O)OC(C)(C)C)C[C@@H](O)[C@H]5O)c(OC)c4oc3=O)ccc2OC)c1. The second kappa shape index (κ2) is 13.8. The molecule has 1 aromatic heterocycles. The molecule has 5 rings (SSSR count). The second-order valence-electron chi connectivity index (χ2n) is 12.2. The number of anilines is 1. The number of aliphatic hydroxyl groups excluding tert-OH is 2. The molecule has 2 heterocycles. The highest BCUT2D eigenvalue weighted by Crippen LogP contribution is 2.38. The Labute approximate surface area is 276 Å². The summed E-state index contributed by atoms with van der Waals surface area (Å²) in [5.74, 6) is 0.757. The first-order valence-electron chi connectivity index (χ1n) is 15.1. The van der Waals surface area contributed by atoms with Gasteiger partial charge in [0.15, 0.2) is 11.3 Å². The van der Waals surface area contributed by atoms with Crippen molar-refractivity contribution in [1.82, 2.24) is 4.90 Å². The molecule has 13 nitrogen and oxygen atoms in total. The van der Waals surface area contributed by atoms with E-state index in [0.717, 1.165) is 5.56 Å². The number of hydrogen-bond donors (Lipinski definition) is 3. The Morgan fingerprint density at radius 3 is 2.35 bits per heavy atom. The van der Waals surface area contributed by atoms with Gasteiger partial charge in [0.2, 0.25) is 5.75 Å². The molecular formula is C35H38N2O11. The first-order chi connectivity index (χ1) is 22.8. The number of aliphatic hydroxyl groups is 2. The number of amides is 2. The van der Waals surface area contributed by atoms with E-state index in [1.54, 1.807) is 58.2 Å². The molecule has 1 aliphatic rings. The second-order valence-corrected chi connectivity index (χ2v) is 12.2. The van der Waals surface area contributed by atoms with Gasteiger partial charge in [-0.15, -0.1) is 0 Å². The first kappa shape index (κ1) is 34.1. The van der Waals surface area contributed by atoms with Gasteiger partial charge in [-0.1, -0.05) is 12.1 Å². The molecule has 0 radical (unpaired) electrons. The molecule has 0 saturated carbocycles. The van der Waals surface area contributed by atoms with Gasteiger partial charge in [-0.05, 0) is 74.9 Å². The van der Waals surface area contributed by atoms with Gasteiger partial charge in [0.05, 0.1) is 34.4 Å². The van der Waals surface area contributed by atoms with Crippen molar-refractivity contribution in [1.29, 1.82) is 0 Å². The predicted molar refractivity (Wildman–Crippen MR) is 176 cm³/mol. The lowest BCUT2D eigenvalue weighted by atomic mass is 10.0. The Hall–Kier alpha value is -5.27. The number of methoxy groups -OCH3 is 3. The Morgan fingerprint density at radius 1 is 0.917 bits per heavy atom. The van der Waals surface area contributed by atoms with E-state index >= 15 is 0 Å². The minimum absolute atomic E-state index is 0.0256. The molecule has 1 saturated heterocycles. The molecular weight excluding hydrogens is 624 g/mol. The van der Waals surface area contributed by atoms with Crippen LogP contribution in [-0.2, 0) is 4.74 Å². The summed E-state index contributed by atoms with van der Waals surface area (Å²) in [6, 6.07) is 16.8. The minimum atomic E-state index is -1.34. The number of nitrogens with zero attached hydrogens (tertiary/aromatic N) is 1. The number of ether oxygens (including phenoxy) is 5. The first-order valence-corrected chi connectivity index (χ1v) is 15.1. The summed E-state index contributed by atoms with van der Waals surface area (Å²) < 4.78 is 33.4. The molecule has 1 aliphatic heterocycles. The lowest BCUT2D eigenvalue weighted by Crippen LogP contribution is -2.59. The van der Waals surface area contributed by atoms with Crippen LogP contribution in [0.2, 0.25) is 0 Å². The third kappa shape index (κ3) is 7.32. The molecule has 13 heteroatoms. The number of rotatable bonds is 8. The zero-order valence-electron chi connectivity index (χ0n) is 27.4. The normalized spacial score (nSPS) is 17.8. The zero-order chi connectivity index (χ0) is 34.7. The van der Waals surface area contributed by atoms with E-state index in [0.29, 0.717) is 22.4 Å². The number of fused-ring (bicyclic) bond motifs is 1. The van der Waals surface area contributed by atoms with Gasteiger partial charge in [0.1, 0.15) is 41.1 Å². The van der Waals surface area contributed by atoms with E-state index in [1.807, 2.05) is 18.2 Å². The van der Waals surface area contributed by atoms with E-state index in [1.165, 1.54) is 31.3 Å². The van der Waals surface area contributed by atoms with Gasteiger partial charge in [-0.3, -0.25) is 4.79 Å². The van der Waals surface area contributed by atoms with Crippen LogP contribution in [0.15, 0.2) is 69.9 Å². The Kier molecular flexibility index (Phi) is 9.82. The largest absolute Gasteiger partial charge is 0.497 e. The number of nitrogens with one attached hydrogen (secondary N) is 1. The summed E-state index contributed by atoms with van der Waals surface area (Å²) in [5, 5.41) is 24.2. The molecule has 3 atom stereocenters. The van der Waals surface area contributed by atoms with E-state index in [-0.39, 0.29) is 41.4 Å². The van der Waals surface area contributed by atoms with E-state index < -0.39 is 41.5 Å². The number of likely N-dealkylation sites (tertiary alicyclic amines) is 1. The van der Waals surface area contributed by atoms with Gasteiger partial charge >= 0.3 is 11.7 Å². The van der Waals surface area contributed by atoms with Crippen molar-refractivity contribution < 1.29 is 47.9 Å². The molecule has 0 unspecified atom stereocenters. The summed E-state index contributed by atoms with van der Waals surface area (Å²) in [7, 11) is 4.44. The van der Waals surface area contributed by atoms with Crippen LogP contribution in [0.5, 0.6) is 23.0 Å². The number of carbonyl (C=O) groups excluding carboxylic acids is 2. The maximum Gasteiger partial charge on any atom is 0.410 e. The van der Waals surface area contributed by atoms with Crippen molar-refractivity contribution in [3.05, 3.63) is 76.6 Å². The molecule has 1 fully saturated rings. The molecule has 48 heavy (non-hydrogen) atoms. The quantitative estimate of drug-likeness (QED) is 0.228. The van der Waals surface area contributed by atoms with Crippen molar-refractivity contribution in [3.8, 4) is 34.1 Å². The fraction of sp³-hybridized carbons (Fsp3) is 0.343. The zero-order valence-corrected chi connectivity index (χ0v) is 27.4. The van der Waals surface area contributed by atoms with E-state index in [9.17, 15) is 24.6 Å². The Morgan fingerprint density at radius 2 is 1.67 bits per heavy atom. The average molecular weight is 663 g/mol. The lowest BCUT2D eigenvalue weighted by molar-refractivity contribution is -0.101. The van der Waals surface area contributed by atoms with Gasteiger partial charge in [-0.2, -0.15) is 0 Å². The van der Waals surface area contributed by atoms with E-state index in [2.05, 4.69) is 5.32 Å². The Balaban J connectivity index is 1.40. The van der Waals surface area contributed by atoms with Crippen molar-refractivity contribution in [2.45, 2.75) is 44.7 Å². The summed E-state index contributed by atoms with van der Waals surface area (Å²) >= 11 is 0. The van der Waals surface area contributed by atoms with Gasteiger partial charge in [0, 0.05) is 16.5 Å². The molecule has 3 aromatic carbocycles. The summed E-state index contributed by atoms with van der Waals surface area (Å²) in [5.41, 5.74) is -0.0143. The number of β-amino-alcohol motifs (C(OH)–C–C–N with tert-alkyl or cyclic N) is 1. The molecule has 0 bridgehead atoms. The third-order valence-electron chi connectivity index (χ3n) is 7.63. The van der Waals surface area contributed by atoms with Gasteiger partial charge < -0.3 is 48.5 Å². The average Bonchev–Trinajstić information content (AvgIpc) is 3.05. The fourth-order valence-electron chi connectivity index (χ4n) is 5.30. The van der Waals surface area contributed by atoms with Crippen molar-refractivity contribution in [2.24, 2.45) is 0 Å². The van der Waals surface area contributed by atoms with Crippen LogP contribution >= 0.6 is 0 Å². The highest BCUT2D eigenvalue weighted by atomic mass is 16.6. The summed E-state index contributed by atoms with van der Waals surface area (Å²) in [6.07, 6.45) is -4.37. The Bertz CT molecular complexity index is 1880. The highest BCUT2D eigenvalue weighted by molar-refractivity contribution is 6.06. The summed E-state index contributed by atoms with van der Waals surface area (Å²) in [6.45, 7) is 4.92. The molecule has 0 aliphatic carbocycles. The van der Waals surface area contributed by atoms with Gasteiger partial charge in [0.25, 0.3) is 5.91 Å².